The summed E-state index contributed by atoms with van der Waals surface area (Å²) in [4.78, 5) is 30.2. The third kappa shape index (κ3) is 4.70. The van der Waals surface area contributed by atoms with Crippen LogP contribution in [0.2, 0.25) is 39.3 Å². The largest absolute Gasteiger partial charge is 0.462 e. The number of ketones is 1. The molecule has 3 nitrogen and oxygen atoms in total. The van der Waals surface area contributed by atoms with Gasteiger partial charge in [-0.3, -0.25) is 4.79 Å². The zero-order valence-electron chi connectivity index (χ0n) is 20.9. The van der Waals surface area contributed by atoms with E-state index < -0.39 is 16.1 Å². The van der Waals surface area contributed by atoms with Gasteiger partial charge in [0.25, 0.3) is 0 Å². The number of hydrogen-bond acceptors (Lipinski definition) is 7. The summed E-state index contributed by atoms with van der Waals surface area (Å²) in [5.74, 6) is -0.259. The minimum atomic E-state index is -1.46. The Morgan fingerprint density at radius 3 is 1.56 bits per heavy atom. The van der Waals surface area contributed by atoms with Crippen LogP contribution in [0.3, 0.4) is 0 Å². The van der Waals surface area contributed by atoms with E-state index in [0.29, 0.717) is 12.2 Å². The highest BCUT2D eigenvalue weighted by Gasteiger charge is 2.31. The molecule has 0 N–H and O–H groups in total. The van der Waals surface area contributed by atoms with Gasteiger partial charge in [0.05, 0.1) is 53.0 Å². The molecule has 4 aromatic rings. The van der Waals surface area contributed by atoms with Crippen molar-refractivity contribution in [3.8, 4) is 19.5 Å². The maximum Gasteiger partial charge on any atom is 0.341 e. The quantitative estimate of drug-likeness (QED) is 0.131. The van der Waals surface area contributed by atoms with Gasteiger partial charge in [-0.25, -0.2) is 4.79 Å². The number of rotatable bonds is 7. The molecule has 0 saturated carbocycles. The molecule has 4 heterocycles. The molecule has 0 saturated heterocycles. The summed E-state index contributed by atoms with van der Waals surface area (Å²) < 4.78 is 10.1. The fraction of sp³-hybridized carbons (Fsp3) is 0.360. The fourth-order valence-electron chi connectivity index (χ4n) is 3.72. The Morgan fingerprint density at radius 1 is 0.735 bits per heavy atom. The van der Waals surface area contributed by atoms with Crippen LogP contribution in [0.4, 0.5) is 0 Å². The van der Waals surface area contributed by atoms with E-state index in [9.17, 15) is 9.59 Å². The third-order valence-electron chi connectivity index (χ3n) is 5.49. The topological polar surface area (TPSA) is 43.4 Å². The molecule has 0 aliphatic carbocycles. The molecule has 0 amide bonds. The van der Waals surface area contributed by atoms with Crippen molar-refractivity contribution in [3.05, 3.63) is 35.4 Å². The molecule has 34 heavy (non-hydrogen) atoms. The van der Waals surface area contributed by atoms with Gasteiger partial charge in [0, 0.05) is 9.75 Å². The highest BCUT2D eigenvalue weighted by molar-refractivity contribution is 7.37. The molecule has 0 aliphatic rings. The Morgan fingerprint density at radius 2 is 1.18 bits per heavy atom. The maximum absolute atomic E-state index is 13.2. The number of esters is 1. The molecular weight excluding hydrogens is 533 g/mol. The highest BCUT2D eigenvalue weighted by atomic mass is 32.1. The summed E-state index contributed by atoms with van der Waals surface area (Å²) in [5, 5.41) is 0. The lowest BCUT2D eigenvalue weighted by atomic mass is 10.1. The van der Waals surface area contributed by atoms with Gasteiger partial charge in [-0.1, -0.05) is 51.4 Å². The summed E-state index contributed by atoms with van der Waals surface area (Å²) in [6, 6.07) is 8.69. The van der Waals surface area contributed by atoms with Gasteiger partial charge >= 0.3 is 5.97 Å². The lowest BCUT2D eigenvalue weighted by Crippen LogP contribution is -2.34. The predicted molar refractivity (Wildman–Crippen MR) is 158 cm³/mol. The van der Waals surface area contributed by atoms with Crippen molar-refractivity contribution in [2.75, 3.05) is 6.61 Å². The molecule has 0 radical (unpaired) electrons. The van der Waals surface area contributed by atoms with E-state index in [-0.39, 0.29) is 11.8 Å². The van der Waals surface area contributed by atoms with Crippen molar-refractivity contribution in [1.82, 2.24) is 0 Å². The van der Waals surface area contributed by atoms with Crippen LogP contribution in [0.25, 0.3) is 28.9 Å². The minimum absolute atomic E-state index is 0.0429. The summed E-state index contributed by atoms with van der Waals surface area (Å²) in [7, 11) is -2.91. The second-order valence-corrected chi connectivity index (χ2v) is 25.4. The van der Waals surface area contributed by atoms with Crippen molar-refractivity contribution in [2.24, 2.45) is 0 Å². The number of carbonyl (C=O) groups is 2. The fourth-order valence-corrected chi connectivity index (χ4v) is 12.7. The van der Waals surface area contributed by atoms with Crippen molar-refractivity contribution in [2.45, 2.75) is 53.1 Å². The van der Waals surface area contributed by atoms with Crippen LogP contribution in [-0.4, -0.2) is 34.5 Å². The van der Waals surface area contributed by atoms with Crippen LogP contribution in [0.15, 0.2) is 24.3 Å². The van der Waals surface area contributed by atoms with Crippen LogP contribution in [0, 0.1) is 0 Å². The molecule has 0 aromatic carbocycles. The molecule has 0 atom stereocenters. The first-order chi connectivity index (χ1) is 15.8. The first-order valence-electron chi connectivity index (χ1n) is 11.3. The molecular formula is C25H30O3S4Si2. The first-order valence-corrected chi connectivity index (χ1v) is 21.6. The van der Waals surface area contributed by atoms with Crippen molar-refractivity contribution in [3.63, 3.8) is 0 Å². The number of hydrogen-bond donors (Lipinski definition) is 0. The summed E-state index contributed by atoms with van der Waals surface area (Å²) in [5.41, 5.74) is 1.36. The van der Waals surface area contributed by atoms with Crippen molar-refractivity contribution >= 4 is 91.6 Å². The molecule has 180 valence electrons. The van der Waals surface area contributed by atoms with E-state index in [1.54, 1.807) is 52.3 Å². The molecule has 0 fully saturated rings. The van der Waals surface area contributed by atoms with Gasteiger partial charge in [-0.2, -0.15) is 0 Å². The lowest BCUT2D eigenvalue weighted by Gasteiger charge is -2.12. The van der Waals surface area contributed by atoms with E-state index in [1.165, 1.54) is 9.00 Å². The zero-order chi connectivity index (χ0) is 25.0. The summed E-state index contributed by atoms with van der Waals surface area (Å²) in [6.45, 7) is 17.8. The normalized spacial score (nSPS) is 12.5. The van der Waals surface area contributed by atoms with E-state index in [1.807, 2.05) is 6.92 Å². The van der Waals surface area contributed by atoms with E-state index in [2.05, 4.69) is 63.5 Å². The van der Waals surface area contributed by atoms with Crippen LogP contribution in [-0.2, 0) is 4.74 Å². The van der Waals surface area contributed by atoms with E-state index in [4.69, 9.17) is 4.74 Å². The van der Waals surface area contributed by atoms with Crippen molar-refractivity contribution in [1.29, 1.82) is 0 Å². The molecule has 0 bridgehead atoms. The molecule has 0 aliphatic heterocycles. The Labute approximate surface area is 219 Å². The van der Waals surface area contributed by atoms with Crippen LogP contribution < -0.4 is 9.00 Å². The monoisotopic (exact) mass is 562 g/mol. The maximum atomic E-state index is 13.2. The average Bonchev–Trinajstić information content (AvgIpc) is 3.46. The second kappa shape index (κ2) is 9.26. The molecule has 9 heteroatoms. The Kier molecular flexibility index (Phi) is 7.00. The van der Waals surface area contributed by atoms with Crippen molar-refractivity contribution < 1.29 is 14.3 Å². The molecule has 0 spiro atoms. The van der Waals surface area contributed by atoms with E-state index >= 15 is 0 Å². The first kappa shape index (κ1) is 25.7. The van der Waals surface area contributed by atoms with Gasteiger partial charge in [-0.15, -0.1) is 45.3 Å². The standard InChI is InChI=1S/C25H30O3S4Si2/c1-9-28-25(27)20-22(16-11-13-18(30-16)34(6,7)8)32-23-19(14(2)26)21(31-24(20)23)15-10-12-17(29-15)33(3,4)5/h10-13H,9H2,1-8H3. The Balaban J connectivity index is 1.97. The molecule has 4 aromatic heterocycles. The Hall–Kier alpha value is -1.37. The highest BCUT2D eigenvalue weighted by Crippen LogP contribution is 2.50. The smallest absolute Gasteiger partial charge is 0.341 e. The van der Waals surface area contributed by atoms with Gasteiger partial charge in [0.2, 0.25) is 0 Å². The van der Waals surface area contributed by atoms with Gasteiger partial charge in [-0.05, 0) is 35.0 Å². The summed E-state index contributed by atoms with van der Waals surface area (Å²) in [6.07, 6.45) is 0. The molecule has 0 unspecified atom stereocenters. The number of thiophene rings is 4. The molecule has 4 rings (SSSR count). The van der Waals surface area contributed by atoms with Crippen LogP contribution in [0.5, 0.6) is 0 Å². The van der Waals surface area contributed by atoms with Crippen LogP contribution in [0.1, 0.15) is 34.6 Å². The van der Waals surface area contributed by atoms with Gasteiger partial charge in [0.15, 0.2) is 5.78 Å². The lowest BCUT2D eigenvalue weighted by molar-refractivity contribution is 0.0530. The number of Topliss-reactive ketones (excluding diaryl/α,β-unsaturated/α-hetero) is 1. The van der Waals surface area contributed by atoms with Crippen LogP contribution >= 0.6 is 45.3 Å². The number of ether oxygens (including phenoxy) is 1. The van der Waals surface area contributed by atoms with Gasteiger partial charge < -0.3 is 4.74 Å². The zero-order valence-corrected chi connectivity index (χ0v) is 26.1. The predicted octanol–water partition coefficient (Wildman–Crippen LogP) is 7.89. The van der Waals surface area contributed by atoms with E-state index in [0.717, 1.165) is 34.5 Å². The average molecular weight is 563 g/mol. The number of carbonyl (C=O) groups excluding carboxylic acids is 2. The summed E-state index contributed by atoms with van der Waals surface area (Å²) >= 11 is 6.69. The van der Waals surface area contributed by atoms with Gasteiger partial charge in [0.1, 0.15) is 0 Å². The number of fused-ring (bicyclic) bond motifs is 1. The second-order valence-electron chi connectivity index (χ2n) is 10.4. The Bertz CT molecular complexity index is 1390. The minimum Gasteiger partial charge on any atom is -0.462 e. The SMILES string of the molecule is CCOC(=O)c1c(-c2ccc([Si](C)(C)C)s2)sc2c(C(C)=O)c(-c3ccc([Si](C)(C)C)s3)sc12. The third-order valence-corrected chi connectivity index (χ3v) is 17.8.